The summed E-state index contributed by atoms with van der Waals surface area (Å²) >= 11 is 0. The third kappa shape index (κ3) is 6.19. The molecule has 254 valence electrons. The lowest BCUT2D eigenvalue weighted by Gasteiger charge is -2.34. The van der Waals surface area contributed by atoms with E-state index in [1.165, 1.54) is 55.6 Å². The highest BCUT2D eigenvalue weighted by Crippen LogP contribution is 2.49. The first-order valence-electron chi connectivity index (χ1n) is 18.3. The van der Waals surface area contributed by atoms with Gasteiger partial charge in [0.25, 0.3) is 0 Å². The molecule has 53 heavy (non-hydrogen) atoms. The molecule has 0 fully saturated rings. The highest BCUT2D eigenvalue weighted by molar-refractivity contribution is 5.82. The normalized spacial score (nSPS) is 12.6. The minimum atomic E-state index is -0.169. The van der Waals surface area contributed by atoms with E-state index in [1.807, 2.05) is 6.07 Å². The second-order valence-electron chi connectivity index (χ2n) is 14.2. The summed E-state index contributed by atoms with van der Waals surface area (Å²) in [5.41, 5.74) is 15.1. The zero-order valence-corrected chi connectivity index (χ0v) is 29.9. The average molecular weight is 682 g/mol. The molecule has 8 aromatic carbocycles. The van der Waals surface area contributed by atoms with Crippen LogP contribution in [0.3, 0.4) is 0 Å². The average Bonchev–Trinajstić information content (AvgIpc) is 3.22. The lowest BCUT2D eigenvalue weighted by Crippen LogP contribution is -2.24. The molecule has 8 aromatic rings. The molecule has 0 saturated carbocycles. The van der Waals surface area contributed by atoms with E-state index in [1.54, 1.807) is 0 Å². The second-order valence-corrected chi connectivity index (χ2v) is 14.2. The fraction of sp³-hybridized carbons (Fsp3) is 0.0588. The van der Waals surface area contributed by atoms with Gasteiger partial charge in [-0.1, -0.05) is 153 Å². The predicted molar refractivity (Wildman–Crippen MR) is 222 cm³/mol. The number of anilines is 3. The van der Waals surface area contributed by atoms with E-state index < -0.39 is 0 Å². The van der Waals surface area contributed by atoms with Crippen molar-refractivity contribution in [3.8, 4) is 56.0 Å². The lowest BCUT2D eigenvalue weighted by molar-refractivity contribution is 0.418. The van der Waals surface area contributed by atoms with Crippen molar-refractivity contribution in [3.63, 3.8) is 0 Å². The molecule has 2 nitrogen and oxygen atoms in total. The fourth-order valence-electron chi connectivity index (χ4n) is 7.62. The van der Waals surface area contributed by atoms with Crippen molar-refractivity contribution in [1.29, 1.82) is 0 Å². The topological polar surface area (TPSA) is 12.5 Å². The smallest absolute Gasteiger partial charge is 0.131 e. The van der Waals surface area contributed by atoms with E-state index in [2.05, 4.69) is 213 Å². The number of rotatable bonds is 7. The van der Waals surface area contributed by atoms with Crippen molar-refractivity contribution in [2.75, 3.05) is 4.90 Å². The van der Waals surface area contributed by atoms with Crippen LogP contribution >= 0.6 is 0 Å². The van der Waals surface area contributed by atoms with Gasteiger partial charge in [0.05, 0.1) is 0 Å². The van der Waals surface area contributed by atoms with E-state index >= 15 is 0 Å². The van der Waals surface area contributed by atoms with E-state index in [0.717, 1.165) is 28.6 Å². The van der Waals surface area contributed by atoms with Gasteiger partial charge in [-0.15, -0.1) is 0 Å². The number of para-hydroxylation sites is 1. The van der Waals surface area contributed by atoms with Gasteiger partial charge in [0.15, 0.2) is 0 Å². The second kappa shape index (κ2) is 13.5. The Balaban J connectivity index is 1.06. The van der Waals surface area contributed by atoms with Gasteiger partial charge < -0.3 is 9.64 Å². The summed E-state index contributed by atoms with van der Waals surface area (Å²) in [6, 6.07) is 71.5. The molecule has 0 aliphatic carbocycles. The first-order chi connectivity index (χ1) is 26.0. The summed E-state index contributed by atoms with van der Waals surface area (Å²) in [6.45, 7) is 4.57. The van der Waals surface area contributed by atoms with Crippen molar-refractivity contribution >= 4 is 17.1 Å². The molecule has 0 radical (unpaired) electrons. The molecule has 0 amide bonds. The number of hydrogen-bond acceptors (Lipinski definition) is 2. The Kier molecular flexibility index (Phi) is 8.21. The van der Waals surface area contributed by atoms with Gasteiger partial charge >= 0.3 is 0 Å². The molecule has 0 N–H and O–H groups in total. The SMILES string of the molecule is CC1(C)c2ccccc2Oc2ccc(-c3ccc(N(c4ccc(-c5ccccc5)cc4)c4ccc(-c5cccc(-c6ccccc6)c5)cc4)cc3)cc21. The first-order valence-corrected chi connectivity index (χ1v) is 18.3. The first kappa shape index (κ1) is 32.3. The molecule has 0 spiro atoms. The van der Waals surface area contributed by atoms with Gasteiger partial charge in [-0.25, -0.2) is 0 Å². The Morgan fingerprint density at radius 2 is 0.698 bits per heavy atom. The maximum Gasteiger partial charge on any atom is 0.131 e. The minimum absolute atomic E-state index is 0.169. The quantitative estimate of drug-likeness (QED) is 0.166. The standard InChI is InChI=1S/C51H39NO/c1-51(2)47-18-9-10-19-49(47)53-50-33-26-43(35-48(50)51)40-24-31-46(32-25-40)52(44-27-20-38(21-28-44)36-12-5-3-6-13-36)45-29-22-39(23-30-45)42-17-11-16-41(34-42)37-14-7-4-8-15-37/h3-35H,1-2H3. The summed E-state index contributed by atoms with van der Waals surface area (Å²) < 4.78 is 6.34. The highest BCUT2D eigenvalue weighted by atomic mass is 16.5. The Morgan fingerprint density at radius 3 is 1.25 bits per heavy atom. The van der Waals surface area contributed by atoms with Crippen LogP contribution in [0.15, 0.2) is 200 Å². The Labute approximate surface area is 312 Å². The van der Waals surface area contributed by atoms with Gasteiger partial charge in [-0.05, 0) is 105 Å². The number of nitrogens with zero attached hydrogens (tertiary/aromatic N) is 1. The van der Waals surface area contributed by atoms with E-state index in [9.17, 15) is 0 Å². The van der Waals surface area contributed by atoms with Crippen molar-refractivity contribution < 1.29 is 4.74 Å². The lowest BCUT2D eigenvalue weighted by atomic mass is 9.75. The third-order valence-electron chi connectivity index (χ3n) is 10.6. The maximum atomic E-state index is 6.34. The van der Waals surface area contributed by atoms with Crippen LogP contribution < -0.4 is 9.64 Å². The predicted octanol–water partition coefficient (Wildman–Crippen LogP) is 14.3. The largest absolute Gasteiger partial charge is 0.457 e. The number of benzene rings is 8. The third-order valence-corrected chi connectivity index (χ3v) is 10.6. The molecule has 0 aromatic heterocycles. The summed E-state index contributed by atoms with van der Waals surface area (Å²) in [5.74, 6) is 1.86. The van der Waals surface area contributed by atoms with Gasteiger partial charge in [-0.3, -0.25) is 0 Å². The molecule has 0 atom stereocenters. The molecular weight excluding hydrogens is 643 g/mol. The van der Waals surface area contributed by atoms with Gasteiger partial charge in [0.2, 0.25) is 0 Å². The van der Waals surface area contributed by atoms with Crippen molar-refractivity contribution in [2.24, 2.45) is 0 Å². The molecule has 0 bridgehead atoms. The Bertz CT molecular complexity index is 2520. The monoisotopic (exact) mass is 681 g/mol. The molecule has 1 aliphatic heterocycles. The van der Waals surface area contributed by atoms with Crippen LogP contribution in [0.25, 0.3) is 44.5 Å². The van der Waals surface area contributed by atoms with E-state index in [-0.39, 0.29) is 5.41 Å². The summed E-state index contributed by atoms with van der Waals surface area (Å²) in [5, 5.41) is 0. The summed E-state index contributed by atoms with van der Waals surface area (Å²) in [6.07, 6.45) is 0. The number of fused-ring (bicyclic) bond motifs is 2. The van der Waals surface area contributed by atoms with Crippen LogP contribution in [0.4, 0.5) is 17.1 Å². The summed E-state index contributed by atoms with van der Waals surface area (Å²) in [7, 11) is 0. The summed E-state index contributed by atoms with van der Waals surface area (Å²) in [4.78, 5) is 2.34. The maximum absolute atomic E-state index is 6.34. The van der Waals surface area contributed by atoms with Crippen LogP contribution in [0.5, 0.6) is 11.5 Å². The van der Waals surface area contributed by atoms with E-state index in [0.29, 0.717) is 0 Å². The highest BCUT2D eigenvalue weighted by Gasteiger charge is 2.34. The van der Waals surface area contributed by atoms with Crippen molar-refractivity contribution in [1.82, 2.24) is 0 Å². The van der Waals surface area contributed by atoms with Gasteiger partial charge in [0.1, 0.15) is 11.5 Å². The molecule has 0 unspecified atom stereocenters. The molecule has 0 saturated heterocycles. The van der Waals surface area contributed by atoms with Crippen LogP contribution in [-0.2, 0) is 5.41 Å². The van der Waals surface area contributed by atoms with Crippen LogP contribution in [0, 0.1) is 0 Å². The molecule has 1 heterocycles. The molecule has 9 rings (SSSR count). The fourth-order valence-corrected chi connectivity index (χ4v) is 7.62. The number of hydrogen-bond donors (Lipinski definition) is 0. The Morgan fingerprint density at radius 1 is 0.321 bits per heavy atom. The van der Waals surface area contributed by atoms with Crippen LogP contribution in [0.2, 0.25) is 0 Å². The van der Waals surface area contributed by atoms with Crippen LogP contribution in [-0.4, -0.2) is 0 Å². The molecular formula is C51H39NO. The molecule has 1 aliphatic rings. The van der Waals surface area contributed by atoms with Crippen LogP contribution in [0.1, 0.15) is 25.0 Å². The van der Waals surface area contributed by atoms with Crippen molar-refractivity contribution in [2.45, 2.75) is 19.3 Å². The van der Waals surface area contributed by atoms with Crippen molar-refractivity contribution in [3.05, 3.63) is 211 Å². The molecule has 2 heteroatoms. The zero-order chi connectivity index (χ0) is 35.8. The van der Waals surface area contributed by atoms with E-state index in [4.69, 9.17) is 4.74 Å². The Hall–Kier alpha value is -6.64. The van der Waals surface area contributed by atoms with Gasteiger partial charge in [-0.2, -0.15) is 0 Å². The van der Waals surface area contributed by atoms with Gasteiger partial charge in [0, 0.05) is 33.6 Å². The zero-order valence-electron chi connectivity index (χ0n) is 29.9. The number of ether oxygens (including phenoxy) is 1. The minimum Gasteiger partial charge on any atom is -0.457 e.